The van der Waals surface area contributed by atoms with Crippen LogP contribution in [0.3, 0.4) is 0 Å². The van der Waals surface area contributed by atoms with E-state index in [9.17, 15) is 14.4 Å². The van der Waals surface area contributed by atoms with Crippen LogP contribution in [-0.2, 0) is 0 Å². The van der Waals surface area contributed by atoms with E-state index < -0.39 is 17.2 Å². The highest BCUT2D eigenvalue weighted by Gasteiger charge is 2.16. The number of benzene rings is 2. The van der Waals surface area contributed by atoms with Crippen LogP contribution in [0.25, 0.3) is 33.1 Å². The van der Waals surface area contributed by atoms with Crippen LogP contribution < -0.4 is 16.0 Å². The third kappa shape index (κ3) is 3.72. The van der Waals surface area contributed by atoms with Crippen LogP contribution in [0.15, 0.2) is 96.0 Å². The van der Waals surface area contributed by atoms with E-state index in [1.54, 1.807) is 30.3 Å². The molecule has 3 aromatic heterocycles. The lowest BCUT2D eigenvalue weighted by Crippen LogP contribution is -2.09. The second-order valence-electron chi connectivity index (χ2n) is 6.89. The van der Waals surface area contributed by atoms with Crippen molar-refractivity contribution in [2.75, 3.05) is 0 Å². The Morgan fingerprint density at radius 1 is 0.844 bits per heavy atom. The minimum absolute atomic E-state index is 0.168. The van der Waals surface area contributed by atoms with E-state index >= 15 is 0 Å². The number of pyridine rings is 1. The number of carbonyl (C=O) groups is 1. The van der Waals surface area contributed by atoms with Gasteiger partial charge in [0, 0.05) is 45.3 Å². The third-order valence-corrected chi connectivity index (χ3v) is 5.32. The lowest BCUT2D eigenvalue weighted by Gasteiger charge is -2.08. The third-order valence-electron chi connectivity index (χ3n) is 4.83. The summed E-state index contributed by atoms with van der Waals surface area (Å²) in [6.07, 6.45) is 2.96. The molecular formula is C24H12BrNO6. The summed E-state index contributed by atoms with van der Waals surface area (Å²) in [5.41, 5.74) is 0.267. The van der Waals surface area contributed by atoms with E-state index in [-0.39, 0.29) is 16.9 Å². The fourth-order valence-electron chi connectivity index (χ4n) is 3.37. The summed E-state index contributed by atoms with van der Waals surface area (Å²) in [6, 6.07) is 15.8. The van der Waals surface area contributed by atoms with E-state index in [0.29, 0.717) is 27.5 Å². The molecule has 0 spiro atoms. The molecule has 8 heteroatoms. The number of halogens is 1. The average Bonchev–Trinajstić information content (AvgIpc) is 2.78. The first-order valence-electron chi connectivity index (χ1n) is 9.42. The van der Waals surface area contributed by atoms with Crippen molar-refractivity contribution in [1.82, 2.24) is 4.98 Å². The molecule has 0 saturated carbocycles. The minimum Gasteiger partial charge on any atom is -0.423 e. The lowest BCUT2D eigenvalue weighted by atomic mass is 10.0. The van der Waals surface area contributed by atoms with Gasteiger partial charge in [0.25, 0.3) is 0 Å². The first-order chi connectivity index (χ1) is 15.5. The molecule has 0 aliphatic rings. The SMILES string of the molecule is O=C(Oc1ccc2c(-c3cc4cc(Br)ccc4oc3=O)cc(=O)oc2c1)c1ccncc1. The molecule has 2 aromatic carbocycles. The standard InChI is InChI=1S/C24H12BrNO6/c25-15-1-4-20-14(9-15)10-19(24(29)32-20)18-12-22(27)31-21-11-16(2-3-17(18)21)30-23(28)13-5-7-26-8-6-13/h1-12H. The van der Waals surface area contributed by atoms with Gasteiger partial charge >= 0.3 is 17.2 Å². The van der Waals surface area contributed by atoms with Crippen LogP contribution in [0.2, 0.25) is 0 Å². The number of rotatable bonds is 3. The highest BCUT2D eigenvalue weighted by atomic mass is 79.9. The van der Waals surface area contributed by atoms with Crippen LogP contribution >= 0.6 is 15.9 Å². The predicted octanol–water partition coefficient (Wildman–Crippen LogP) is 4.94. The summed E-state index contributed by atoms with van der Waals surface area (Å²) in [6.45, 7) is 0. The van der Waals surface area contributed by atoms with Gasteiger partial charge in [0.15, 0.2) is 0 Å². The molecule has 32 heavy (non-hydrogen) atoms. The minimum atomic E-state index is -0.654. The van der Waals surface area contributed by atoms with Crippen molar-refractivity contribution in [3.63, 3.8) is 0 Å². The summed E-state index contributed by atoms with van der Waals surface area (Å²) in [7, 11) is 0. The van der Waals surface area contributed by atoms with Crippen molar-refractivity contribution in [2.45, 2.75) is 0 Å². The van der Waals surface area contributed by atoms with Gasteiger partial charge in [-0.15, -0.1) is 0 Å². The molecule has 0 bridgehead atoms. The highest BCUT2D eigenvalue weighted by Crippen LogP contribution is 2.30. The normalized spacial score (nSPS) is 11.0. The molecule has 5 rings (SSSR count). The van der Waals surface area contributed by atoms with Crippen LogP contribution in [0, 0.1) is 0 Å². The van der Waals surface area contributed by atoms with Gasteiger partial charge in [-0.2, -0.15) is 0 Å². The molecule has 0 aliphatic heterocycles. The van der Waals surface area contributed by atoms with Gasteiger partial charge in [0.1, 0.15) is 16.9 Å². The Hall–Kier alpha value is -4.04. The molecule has 0 unspecified atom stereocenters. The smallest absolute Gasteiger partial charge is 0.344 e. The first kappa shape index (κ1) is 19.9. The Morgan fingerprint density at radius 3 is 2.47 bits per heavy atom. The lowest BCUT2D eigenvalue weighted by molar-refractivity contribution is 0.0735. The highest BCUT2D eigenvalue weighted by molar-refractivity contribution is 9.10. The van der Waals surface area contributed by atoms with Crippen molar-refractivity contribution in [3.8, 4) is 16.9 Å². The molecular weight excluding hydrogens is 478 g/mol. The van der Waals surface area contributed by atoms with Crippen molar-refractivity contribution in [2.24, 2.45) is 0 Å². The Balaban J connectivity index is 1.62. The Kier molecular flexibility index (Phi) is 4.91. The second kappa shape index (κ2) is 7.90. The fraction of sp³-hybridized carbons (Fsp3) is 0. The molecule has 7 nitrogen and oxygen atoms in total. The molecule has 5 aromatic rings. The van der Waals surface area contributed by atoms with E-state index in [1.807, 2.05) is 6.07 Å². The molecule has 0 fully saturated rings. The van der Waals surface area contributed by atoms with Gasteiger partial charge in [-0.05, 0) is 48.5 Å². The molecule has 0 aliphatic carbocycles. The molecule has 0 atom stereocenters. The zero-order valence-corrected chi connectivity index (χ0v) is 17.8. The number of aromatic nitrogens is 1. The summed E-state index contributed by atoms with van der Waals surface area (Å²) in [5.74, 6) is -0.389. The van der Waals surface area contributed by atoms with E-state index in [2.05, 4.69) is 20.9 Å². The van der Waals surface area contributed by atoms with Crippen molar-refractivity contribution in [3.05, 3.63) is 104 Å². The molecule has 0 saturated heterocycles. The molecule has 156 valence electrons. The zero-order valence-electron chi connectivity index (χ0n) is 16.2. The fourth-order valence-corrected chi connectivity index (χ4v) is 3.74. The molecule has 3 heterocycles. The second-order valence-corrected chi connectivity index (χ2v) is 7.81. The van der Waals surface area contributed by atoms with Gasteiger partial charge < -0.3 is 13.6 Å². The van der Waals surface area contributed by atoms with E-state index in [4.69, 9.17) is 13.6 Å². The van der Waals surface area contributed by atoms with E-state index in [1.165, 1.54) is 36.7 Å². The Bertz CT molecular complexity index is 1620. The Labute approximate surface area is 188 Å². The number of carbonyl (C=O) groups excluding carboxylic acids is 1. The van der Waals surface area contributed by atoms with E-state index in [0.717, 1.165) is 4.47 Å². The first-order valence-corrected chi connectivity index (χ1v) is 10.2. The molecule has 0 amide bonds. The Morgan fingerprint density at radius 2 is 1.66 bits per heavy atom. The van der Waals surface area contributed by atoms with Gasteiger partial charge in [0.2, 0.25) is 0 Å². The zero-order chi connectivity index (χ0) is 22.2. The van der Waals surface area contributed by atoms with Crippen LogP contribution in [0.1, 0.15) is 10.4 Å². The van der Waals surface area contributed by atoms with Gasteiger partial charge in [-0.3, -0.25) is 4.98 Å². The van der Waals surface area contributed by atoms with Gasteiger partial charge in [-0.1, -0.05) is 15.9 Å². The number of hydrogen-bond donors (Lipinski definition) is 0. The maximum Gasteiger partial charge on any atom is 0.344 e. The topological polar surface area (TPSA) is 99.6 Å². The summed E-state index contributed by atoms with van der Waals surface area (Å²) < 4.78 is 16.9. The molecule has 0 N–H and O–H groups in total. The van der Waals surface area contributed by atoms with Crippen LogP contribution in [0.5, 0.6) is 5.75 Å². The number of ether oxygens (including phenoxy) is 1. The van der Waals surface area contributed by atoms with Crippen LogP contribution in [0.4, 0.5) is 0 Å². The number of hydrogen-bond acceptors (Lipinski definition) is 7. The average molecular weight is 490 g/mol. The number of nitrogens with zero attached hydrogens (tertiary/aromatic N) is 1. The quantitative estimate of drug-likeness (QED) is 0.201. The van der Waals surface area contributed by atoms with Crippen molar-refractivity contribution >= 4 is 43.8 Å². The largest absolute Gasteiger partial charge is 0.423 e. The van der Waals surface area contributed by atoms with Gasteiger partial charge in [0.05, 0.1) is 11.1 Å². The van der Waals surface area contributed by atoms with Gasteiger partial charge in [-0.25, -0.2) is 14.4 Å². The van der Waals surface area contributed by atoms with Crippen molar-refractivity contribution in [1.29, 1.82) is 0 Å². The van der Waals surface area contributed by atoms with Crippen LogP contribution in [-0.4, -0.2) is 11.0 Å². The summed E-state index contributed by atoms with van der Waals surface area (Å²) >= 11 is 3.40. The summed E-state index contributed by atoms with van der Waals surface area (Å²) in [4.78, 5) is 41.1. The monoisotopic (exact) mass is 489 g/mol. The summed E-state index contributed by atoms with van der Waals surface area (Å²) in [5, 5.41) is 1.19. The molecule has 0 radical (unpaired) electrons. The number of fused-ring (bicyclic) bond motifs is 2. The van der Waals surface area contributed by atoms with Crippen molar-refractivity contribution < 1.29 is 18.4 Å². The maximum atomic E-state index is 12.7. The maximum absolute atomic E-state index is 12.7. The predicted molar refractivity (Wildman–Crippen MR) is 121 cm³/mol. The number of esters is 1.